The lowest BCUT2D eigenvalue weighted by molar-refractivity contribution is 0.0600. The van der Waals surface area contributed by atoms with Gasteiger partial charge in [0, 0.05) is 50.1 Å². The second kappa shape index (κ2) is 12.0. The van der Waals surface area contributed by atoms with Crippen LogP contribution in [0.1, 0.15) is 34.3 Å². The van der Waals surface area contributed by atoms with Crippen molar-refractivity contribution in [3.05, 3.63) is 94.8 Å². The fraction of sp³-hybridized carbons (Fsp3) is 0.333. The van der Waals surface area contributed by atoms with E-state index < -0.39 is 10.0 Å². The van der Waals surface area contributed by atoms with Crippen molar-refractivity contribution in [1.82, 2.24) is 14.2 Å². The van der Waals surface area contributed by atoms with E-state index in [1.165, 1.54) is 7.11 Å². The molecular weight excluding hydrogens is 498 g/mol. The number of nitrogens with zero attached hydrogens (tertiary/aromatic N) is 3. The summed E-state index contributed by atoms with van der Waals surface area (Å²) in [5, 5.41) is 0.510. The fourth-order valence-electron chi connectivity index (χ4n) is 4.57. The average molecular weight is 528 g/mol. The highest BCUT2D eigenvalue weighted by Crippen LogP contribution is 2.26. The van der Waals surface area contributed by atoms with Crippen LogP contribution in [0.4, 0.5) is 0 Å². The van der Waals surface area contributed by atoms with Crippen molar-refractivity contribution in [3.8, 4) is 0 Å². The number of halogens is 1. The number of piperidine rings is 1. The number of carbonyl (C=O) groups excluding carboxylic acids is 1. The number of hydrogen-bond acceptors (Lipinski definition) is 6. The van der Waals surface area contributed by atoms with Crippen LogP contribution in [0.25, 0.3) is 0 Å². The molecule has 1 aliphatic heterocycles. The van der Waals surface area contributed by atoms with E-state index in [4.69, 9.17) is 16.3 Å². The molecule has 36 heavy (non-hydrogen) atoms. The Hall–Kier alpha value is -2.78. The number of ether oxygens (including phenoxy) is 1. The van der Waals surface area contributed by atoms with Crippen LogP contribution in [0.15, 0.2) is 78.0 Å². The summed E-state index contributed by atoms with van der Waals surface area (Å²) >= 11 is 5.95. The van der Waals surface area contributed by atoms with Gasteiger partial charge in [-0.15, -0.1) is 0 Å². The molecule has 0 N–H and O–H groups in total. The van der Waals surface area contributed by atoms with Crippen molar-refractivity contribution in [2.24, 2.45) is 5.92 Å². The van der Waals surface area contributed by atoms with Crippen LogP contribution in [-0.2, 0) is 27.8 Å². The lowest BCUT2D eigenvalue weighted by Crippen LogP contribution is -2.43. The summed E-state index contributed by atoms with van der Waals surface area (Å²) in [6.45, 7) is 3.07. The number of esters is 1. The van der Waals surface area contributed by atoms with Crippen LogP contribution in [0.5, 0.6) is 0 Å². The lowest BCUT2D eigenvalue weighted by atomic mass is 9.98. The number of sulfonamides is 1. The Kier molecular flexibility index (Phi) is 8.74. The van der Waals surface area contributed by atoms with Crippen molar-refractivity contribution < 1.29 is 17.9 Å². The SMILES string of the molecule is COC(=O)c1ccc(CN(Cc2cccnc2)CC2CCCN(S(=O)(=O)c3ccc(Cl)cc3)C2)cc1. The molecule has 1 unspecified atom stereocenters. The predicted molar refractivity (Wildman–Crippen MR) is 139 cm³/mol. The third-order valence-electron chi connectivity index (χ3n) is 6.36. The van der Waals surface area contributed by atoms with E-state index in [2.05, 4.69) is 9.88 Å². The summed E-state index contributed by atoms with van der Waals surface area (Å²) < 4.78 is 32.9. The lowest BCUT2D eigenvalue weighted by Gasteiger charge is -2.35. The molecule has 1 atom stereocenters. The van der Waals surface area contributed by atoms with Gasteiger partial charge in [0.1, 0.15) is 0 Å². The summed E-state index contributed by atoms with van der Waals surface area (Å²) in [6, 6.07) is 17.7. The zero-order chi connectivity index (χ0) is 25.5. The summed E-state index contributed by atoms with van der Waals surface area (Å²) in [7, 11) is -2.21. The molecule has 2 heterocycles. The van der Waals surface area contributed by atoms with Gasteiger partial charge in [-0.25, -0.2) is 13.2 Å². The molecule has 9 heteroatoms. The van der Waals surface area contributed by atoms with E-state index in [1.54, 1.807) is 46.9 Å². The normalized spacial score (nSPS) is 16.7. The molecule has 4 rings (SSSR count). The van der Waals surface area contributed by atoms with E-state index in [0.29, 0.717) is 36.8 Å². The molecule has 2 aromatic carbocycles. The summed E-state index contributed by atoms with van der Waals surface area (Å²) in [6.07, 6.45) is 5.37. The first-order valence-corrected chi connectivity index (χ1v) is 13.7. The van der Waals surface area contributed by atoms with Crippen LogP contribution < -0.4 is 0 Å². The van der Waals surface area contributed by atoms with Gasteiger partial charge in [0.15, 0.2) is 0 Å². The van der Waals surface area contributed by atoms with Gasteiger partial charge >= 0.3 is 5.97 Å². The maximum atomic E-state index is 13.2. The van der Waals surface area contributed by atoms with E-state index in [9.17, 15) is 13.2 Å². The van der Waals surface area contributed by atoms with Gasteiger partial charge in [0.2, 0.25) is 10.0 Å². The number of aromatic nitrogens is 1. The Balaban J connectivity index is 1.48. The van der Waals surface area contributed by atoms with Crippen LogP contribution in [0, 0.1) is 5.92 Å². The number of carbonyl (C=O) groups is 1. The maximum absolute atomic E-state index is 13.2. The Morgan fingerprint density at radius 1 is 1.08 bits per heavy atom. The maximum Gasteiger partial charge on any atom is 0.337 e. The highest BCUT2D eigenvalue weighted by atomic mass is 35.5. The van der Waals surface area contributed by atoms with Crippen molar-refractivity contribution in [2.45, 2.75) is 30.8 Å². The highest BCUT2D eigenvalue weighted by Gasteiger charge is 2.31. The van der Waals surface area contributed by atoms with Gasteiger partial charge in [-0.2, -0.15) is 4.31 Å². The first-order chi connectivity index (χ1) is 17.3. The van der Waals surface area contributed by atoms with E-state index in [-0.39, 0.29) is 16.8 Å². The molecule has 0 saturated carbocycles. The van der Waals surface area contributed by atoms with E-state index in [1.807, 2.05) is 30.5 Å². The summed E-state index contributed by atoms with van der Waals surface area (Å²) in [5.41, 5.74) is 2.66. The minimum Gasteiger partial charge on any atom is -0.465 e. The van der Waals surface area contributed by atoms with Crippen LogP contribution in [-0.4, -0.2) is 55.3 Å². The van der Waals surface area contributed by atoms with Crippen molar-refractivity contribution in [1.29, 1.82) is 0 Å². The quantitative estimate of drug-likeness (QED) is 0.378. The Labute approximate surface area is 217 Å². The largest absolute Gasteiger partial charge is 0.465 e. The predicted octanol–water partition coefficient (Wildman–Crippen LogP) is 4.62. The molecule has 1 aromatic heterocycles. The van der Waals surface area contributed by atoms with Crippen molar-refractivity contribution in [3.63, 3.8) is 0 Å². The minimum absolute atomic E-state index is 0.187. The Morgan fingerprint density at radius 2 is 1.81 bits per heavy atom. The van der Waals surface area contributed by atoms with Gasteiger partial charge in [-0.1, -0.05) is 29.8 Å². The molecule has 1 aliphatic rings. The molecular formula is C27H30ClN3O4S. The molecule has 0 amide bonds. The molecule has 0 radical (unpaired) electrons. The average Bonchev–Trinajstić information content (AvgIpc) is 2.89. The first kappa shape index (κ1) is 26.3. The molecule has 0 aliphatic carbocycles. The van der Waals surface area contributed by atoms with Gasteiger partial charge in [-0.05, 0) is 72.4 Å². The topological polar surface area (TPSA) is 79.8 Å². The van der Waals surface area contributed by atoms with Crippen molar-refractivity contribution in [2.75, 3.05) is 26.7 Å². The number of hydrogen-bond donors (Lipinski definition) is 0. The second-order valence-corrected chi connectivity index (χ2v) is 11.4. The molecule has 1 fully saturated rings. The third kappa shape index (κ3) is 6.70. The fourth-order valence-corrected chi connectivity index (χ4v) is 6.25. The van der Waals surface area contributed by atoms with Gasteiger partial charge < -0.3 is 4.74 Å². The molecule has 0 spiro atoms. The zero-order valence-corrected chi connectivity index (χ0v) is 21.8. The Morgan fingerprint density at radius 3 is 2.47 bits per heavy atom. The smallest absolute Gasteiger partial charge is 0.337 e. The number of benzene rings is 2. The highest BCUT2D eigenvalue weighted by molar-refractivity contribution is 7.89. The van der Waals surface area contributed by atoms with E-state index >= 15 is 0 Å². The van der Waals surface area contributed by atoms with Crippen LogP contribution in [0.2, 0.25) is 5.02 Å². The van der Waals surface area contributed by atoms with Crippen LogP contribution in [0.3, 0.4) is 0 Å². The molecule has 190 valence electrons. The summed E-state index contributed by atoms with van der Waals surface area (Å²) in [5.74, 6) is -0.176. The summed E-state index contributed by atoms with van der Waals surface area (Å²) in [4.78, 5) is 18.6. The van der Waals surface area contributed by atoms with Crippen molar-refractivity contribution >= 4 is 27.6 Å². The number of pyridine rings is 1. The molecule has 0 bridgehead atoms. The Bertz CT molecular complexity index is 1250. The van der Waals surface area contributed by atoms with Crippen LogP contribution >= 0.6 is 11.6 Å². The van der Waals surface area contributed by atoms with E-state index in [0.717, 1.165) is 30.5 Å². The molecule has 7 nitrogen and oxygen atoms in total. The van der Waals surface area contributed by atoms with Gasteiger partial charge in [0.05, 0.1) is 17.6 Å². The monoisotopic (exact) mass is 527 g/mol. The number of methoxy groups -OCH3 is 1. The van der Waals surface area contributed by atoms with Gasteiger partial charge in [-0.3, -0.25) is 9.88 Å². The third-order valence-corrected chi connectivity index (χ3v) is 8.49. The standard InChI is InChI=1S/C27H30ClN3O4S/c1-35-27(32)24-8-6-21(7-9-24)17-30(18-22-4-2-14-29-16-22)19-23-5-3-15-31(20-23)36(33,34)26-12-10-25(28)11-13-26/h2,4,6-14,16,23H,3,5,15,17-20H2,1H3. The van der Waals surface area contributed by atoms with Gasteiger partial charge in [0.25, 0.3) is 0 Å². The molecule has 3 aromatic rings. The number of rotatable bonds is 9. The second-order valence-electron chi connectivity index (χ2n) is 9.04. The molecule has 1 saturated heterocycles. The first-order valence-electron chi connectivity index (χ1n) is 11.9. The zero-order valence-electron chi connectivity index (χ0n) is 20.2. The minimum atomic E-state index is -3.58.